The number of hydrogen-bond acceptors (Lipinski definition) is 13. The Labute approximate surface area is 491 Å². The lowest BCUT2D eigenvalue weighted by Crippen LogP contribution is -2.54. The van der Waals surface area contributed by atoms with Gasteiger partial charge in [-0.25, -0.2) is 4.79 Å². The van der Waals surface area contributed by atoms with E-state index in [1.807, 2.05) is 71.9 Å². The number of nitrogens with one attached hydrogen (secondary N) is 1. The van der Waals surface area contributed by atoms with Gasteiger partial charge in [0.05, 0.1) is 47.9 Å². The molecule has 0 radical (unpaired) electrons. The first-order valence-electron chi connectivity index (χ1n) is 29.7. The number of ether oxygens (including phenoxy) is 3. The largest absolute Gasteiger partial charge is 0.481 e. The Bertz CT molecular complexity index is 2420. The topological polar surface area (TPSA) is 227 Å². The molecule has 2 saturated heterocycles. The van der Waals surface area contributed by atoms with Crippen LogP contribution in [0.4, 0.5) is 10.5 Å². The summed E-state index contributed by atoms with van der Waals surface area (Å²) in [5, 5.41) is 12.6. The number of carbonyl (C=O) groups excluding carboxylic acids is 8. The van der Waals surface area contributed by atoms with E-state index >= 15 is 0 Å². The molecule has 2 aliphatic rings. The van der Waals surface area contributed by atoms with E-state index in [9.17, 15) is 48.3 Å². The quantitative estimate of drug-likeness (QED) is 0.0479. The highest BCUT2D eigenvalue weighted by Gasteiger charge is 2.44. The Morgan fingerprint density at radius 1 is 0.793 bits per heavy atom. The third-order valence-electron chi connectivity index (χ3n) is 16.6. The van der Waals surface area contributed by atoms with Crippen LogP contribution in [-0.4, -0.2) is 161 Å². The van der Waals surface area contributed by atoms with Crippen molar-refractivity contribution in [2.24, 2.45) is 35.5 Å². The normalized spacial score (nSPS) is 18.4. The van der Waals surface area contributed by atoms with Crippen molar-refractivity contribution in [2.75, 3.05) is 52.5 Å². The Hall–Kier alpha value is -5.66. The van der Waals surface area contributed by atoms with E-state index in [0.29, 0.717) is 62.9 Å². The fraction of sp³-hybridized carbons (Fsp3) is 0.667. The predicted molar refractivity (Wildman–Crippen MR) is 318 cm³/mol. The molecule has 82 heavy (non-hydrogen) atoms. The van der Waals surface area contributed by atoms with Gasteiger partial charge in [0.25, 0.3) is 0 Å². The van der Waals surface area contributed by atoms with Crippen LogP contribution in [0.2, 0.25) is 0 Å². The molecule has 1 unspecified atom stereocenters. The molecule has 0 saturated carbocycles. The zero-order valence-electron chi connectivity index (χ0n) is 50.9. The second-order valence-corrected chi connectivity index (χ2v) is 24.5. The number of nitrogens with zero attached hydrogens (tertiary/aromatic N) is 4. The number of likely N-dealkylation sites (N-methyl/N-ethyl adjacent to an activating group) is 2. The van der Waals surface area contributed by atoms with Gasteiger partial charge in [-0.1, -0.05) is 117 Å². The minimum atomic E-state index is -1.05. The number of rotatable bonds is 36. The van der Waals surface area contributed by atoms with Gasteiger partial charge in [0, 0.05) is 84.6 Å². The van der Waals surface area contributed by atoms with Crippen LogP contribution in [-0.2, 0) is 65.6 Å². The van der Waals surface area contributed by atoms with Crippen molar-refractivity contribution in [1.82, 2.24) is 19.6 Å². The van der Waals surface area contributed by atoms with Crippen molar-refractivity contribution in [1.29, 1.82) is 0 Å². The standard InChI is InChI=1S/C63H95N5O13S/c1-13-15-33-82-53-38-56(73)68(61(53)75)31-21-17-20-26-54(71)64-47-29-27-45(28-30-47)39-81-63(78)66(10)57(41(5)6)51(70)36-48(40(3)4)60(74)65(9)58(42(7)14-2)52(79-11)37-55(72)67-32-22-25-49(67)59(80-12)43(8)50(69)35-46(62(76)77)34-44-23-18-16-19-24-44/h16,18-19,23-24,27-30,40-43,46,48-49,52-53,57-59H,13-15,17,20-22,25-26,31-39H2,1-12H3,(H,64,71)(H,76,77)/t42-,43-,46+,48-,49-,52+,53?,57-,58-,59+/m0/s1. The Morgan fingerprint density at radius 2 is 1.48 bits per heavy atom. The summed E-state index contributed by atoms with van der Waals surface area (Å²) in [6, 6.07) is 14.2. The molecule has 2 heterocycles. The summed E-state index contributed by atoms with van der Waals surface area (Å²) in [7, 11) is 6.22. The van der Waals surface area contributed by atoms with Crippen LogP contribution in [0, 0.1) is 35.5 Å². The SMILES string of the molecule is CCCCSC1CC(=O)N(CCCCCC(=O)Nc2ccc(COC(=O)N(C)[C@H](C(=O)C[C@H](C(=O)N(C)[C@@H]([C@@H](C)CC)[C@@H](CC(=O)N3CCC[C@H]3[C@H](OC)[C@@H](C)C(=O)C[C@@H](Cc3ccccc3)C(=O)O)OC)C(C)C)C(C)C)cc2)C1=O. The number of methoxy groups -OCH3 is 2. The number of carboxylic acid groups (broad SMARTS) is 1. The summed E-state index contributed by atoms with van der Waals surface area (Å²) in [5.74, 6) is -4.77. The lowest BCUT2D eigenvalue weighted by molar-refractivity contribution is -0.149. The number of Topliss-reactive ketones (excluding diaryl/α,β-unsaturated/α-hetero) is 2. The van der Waals surface area contributed by atoms with Crippen LogP contribution in [0.1, 0.15) is 150 Å². The summed E-state index contributed by atoms with van der Waals surface area (Å²) in [5.41, 5.74) is 2.05. The van der Waals surface area contributed by atoms with Gasteiger partial charge in [-0.3, -0.25) is 43.3 Å². The molecule has 2 fully saturated rings. The molecule has 456 valence electrons. The molecule has 18 nitrogen and oxygen atoms in total. The molecule has 0 spiro atoms. The van der Waals surface area contributed by atoms with Gasteiger partial charge in [0.2, 0.25) is 29.5 Å². The number of aliphatic carboxylic acids is 1. The van der Waals surface area contributed by atoms with Crippen LogP contribution in [0.25, 0.3) is 0 Å². The Balaban J connectivity index is 1.32. The molecule has 2 aliphatic heterocycles. The number of hydrogen-bond donors (Lipinski definition) is 2. The fourth-order valence-corrected chi connectivity index (χ4v) is 12.8. The van der Waals surface area contributed by atoms with E-state index in [0.717, 1.165) is 24.2 Å². The molecule has 2 N–H and O–H groups in total. The molecule has 2 aromatic rings. The van der Waals surface area contributed by atoms with Crippen molar-refractivity contribution in [3.63, 3.8) is 0 Å². The number of thioether (sulfide) groups is 1. The number of ketones is 2. The van der Waals surface area contributed by atoms with Crippen molar-refractivity contribution < 1.29 is 62.5 Å². The fourth-order valence-electron chi connectivity index (χ4n) is 11.5. The first kappa shape index (κ1) is 68.8. The highest BCUT2D eigenvalue weighted by molar-refractivity contribution is 8.00. The molecule has 0 aromatic heterocycles. The van der Waals surface area contributed by atoms with Gasteiger partial charge >= 0.3 is 12.1 Å². The minimum absolute atomic E-state index is 0.0678. The van der Waals surface area contributed by atoms with E-state index < -0.39 is 60.1 Å². The predicted octanol–water partition coefficient (Wildman–Crippen LogP) is 9.49. The monoisotopic (exact) mass is 1160 g/mol. The third kappa shape index (κ3) is 19.7. The summed E-state index contributed by atoms with van der Waals surface area (Å²) in [6.45, 7) is 16.0. The number of anilines is 1. The number of carboxylic acids is 1. The van der Waals surface area contributed by atoms with Crippen LogP contribution >= 0.6 is 11.8 Å². The Kier molecular flexibility index (Phi) is 28.7. The third-order valence-corrected chi connectivity index (χ3v) is 17.9. The number of likely N-dealkylation sites (tertiary alicyclic amines) is 2. The molecule has 10 atom stereocenters. The van der Waals surface area contributed by atoms with E-state index in [1.54, 1.807) is 59.8 Å². The number of unbranched alkanes of at least 4 members (excludes halogenated alkanes) is 3. The van der Waals surface area contributed by atoms with Crippen LogP contribution in [0.3, 0.4) is 0 Å². The molecule has 19 heteroatoms. The number of imide groups is 1. The summed E-state index contributed by atoms with van der Waals surface area (Å²) < 4.78 is 17.7. The van der Waals surface area contributed by atoms with Gasteiger partial charge in [-0.2, -0.15) is 0 Å². The summed E-state index contributed by atoms with van der Waals surface area (Å²) in [6.07, 6.45) is 4.11. The van der Waals surface area contributed by atoms with Gasteiger partial charge in [0.15, 0.2) is 5.78 Å². The van der Waals surface area contributed by atoms with Gasteiger partial charge < -0.3 is 39.3 Å². The van der Waals surface area contributed by atoms with Gasteiger partial charge in [-0.05, 0) is 85.3 Å². The van der Waals surface area contributed by atoms with E-state index in [1.165, 1.54) is 31.1 Å². The molecule has 4 rings (SSSR count). The lowest BCUT2D eigenvalue weighted by Gasteiger charge is -2.41. The second-order valence-electron chi connectivity index (χ2n) is 23.2. The zero-order valence-corrected chi connectivity index (χ0v) is 51.7. The van der Waals surface area contributed by atoms with Crippen molar-refractivity contribution >= 4 is 70.6 Å². The maximum absolute atomic E-state index is 14.8. The molecule has 0 bridgehead atoms. The van der Waals surface area contributed by atoms with Crippen molar-refractivity contribution in [3.8, 4) is 0 Å². The lowest BCUT2D eigenvalue weighted by atomic mass is 9.83. The van der Waals surface area contributed by atoms with E-state index in [4.69, 9.17) is 14.2 Å². The molecular weight excluding hydrogens is 1070 g/mol. The first-order chi connectivity index (χ1) is 39.0. The van der Waals surface area contributed by atoms with E-state index in [-0.39, 0.29) is 109 Å². The summed E-state index contributed by atoms with van der Waals surface area (Å²) >= 11 is 1.56. The van der Waals surface area contributed by atoms with Crippen molar-refractivity contribution in [2.45, 2.75) is 187 Å². The average Bonchev–Trinajstić information content (AvgIpc) is 4.24. The Morgan fingerprint density at radius 3 is 2.07 bits per heavy atom. The highest BCUT2D eigenvalue weighted by atomic mass is 32.2. The number of benzene rings is 2. The number of carbonyl (C=O) groups is 9. The van der Waals surface area contributed by atoms with Crippen LogP contribution in [0.15, 0.2) is 54.6 Å². The average molecular weight is 1160 g/mol. The van der Waals surface area contributed by atoms with E-state index in [2.05, 4.69) is 12.2 Å². The second kappa shape index (κ2) is 34.2. The maximum Gasteiger partial charge on any atom is 0.410 e. The molecule has 2 aromatic carbocycles. The van der Waals surface area contributed by atoms with Gasteiger partial charge in [0.1, 0.15) is 12.4 Å². The molecule has 0 aliphatic carbocycles. The minimum Gasteiger partial charge on any atom is -0.481 e. The smallest absolute Gasteiger partial charge is 0.410 e. The zero-order chi connectivity index (χ0) is 60.8. The van der Waals surface area contributed by atoms with Crippen LogP contribution in [0.5, 0.6) is 0 Å². The van der Waals surface area contributed by atoms with Crippen molar-refractivity contribution in [3.05, 3.63) is 65.7 Å². The first-order valence-corrected chi connectivity index (χ1v) is 30.7. The summed E-state index contributed by atoms with van der Waals surface area (Å²) in [4.78, 5) is 127. The highest BCUT2D eigenvalue weighted by Crippen LogP contribution is 2.33. The maximum atomic E-state index is 14.8. The molecular formula is C63H95N5O13S. The van der Waals surface area contributed by atoms with Crippen LogP contribution < -0.4 is 5.32 Å². The number of amides is 6. The molecule has 6 amide bonds. The van der Waals surface area contributed by atoms with Gasteiger partial charge in [-0.15, -0.1) is 11.8 Å².